The van der Waals surface area contributed by atoms with Crippen molar-refractivity contribution in [3.8, 4) is 33.6 Å². The van der Waals surface area contributed by atoms with E-state index in [0.29, 0.717) is 13.1 Å². The second-order valence-electron chi connectivity index (χ2n) is 10.2. The van der Waals surface area contributed by atoms with Crippen molar-refractivity contribution in [3.63, 3.8) is 0 Å². The Morgan fingerprint density at radius 1 is 0.846 bits per heavy atom. The van der Waals surface area contributed by atoms with E-state index in [1.807, 2.05) is 48.5 Å². The molecule has 0 bridgehead atoms. The number of pyridine rings is 1. The molecule has 194 valence electrons. The lowest BCUT2D eigenvalue weighted by molar-refractivity contribution is 0.0115. The van der Waals surface area contributed by atoms with Crippen molar-refractivity contribution in [1.82, 2.24) is 25.1 Å². The van der Waals surface area contributed by atoms with Gasteiger partial charge >= 0.3 is 0 Å². The number of fused-ring (bicyclic) bond motifs is 2. The Labute approximate surface area is 222 Å². The van der Waals surface area contributed by atoms with Gasteiger partial charge in [-0.2, -0.15) is 5.10 Å². The van der Waals surface area contributed by atoms with E-state index in [1.165, 1.54) is 12.1 Å². The van der Waals surface area contributed by atoms with Crippen molar-refractivity contribution < 1.29 is 13.2 Å². The van der Waals surface area contributed by atoms with Crippen molar-refractivity contribution in [2.75, 3.05) is 13.1 Å². The minimum Gasteiger partial charge on any atom is -0.353 e. The largest absolute Gasteiger partial charge is 0.353 e. The first-order valence-electron chi connectivity index (χ1n) is 12.8. The van der Waals surface area contributed by atoms with Crippen molar-refractivity contribution >= 4 is 21.8 Å². The van der Waals surface area contributed by atoms with Crippen LogP contribution in [0.5, 0.6) is 0 Å². The van der Waals surface area contributed by atoms with Crippen molar-refractivity contribution in [3.05, 3.63) is 96.6 Å². The minimum atomic E-state index is -2.62. The summed E-state index contributed by atoms with van der Waals surface area (Å²) in [7, 11) is 0. The fourth-order valence-electron chi connectivity index (χ4n) is 5.52. The number of H-pyrrole nitrogens is 2. The fourth-order valence-corrected chi connectivity index (χ4v) is 5.52. The van der Waals surface area contributed by atoms with Crippen LogP contribution >= 0.6 is 0 Å². The third kappa shape index (κ3) is 4.46. The molecule has 0 saturated carbocycles. The van der Waals surface area contributed by atoms with Crippen LogP contribution in [-0.2, 0) is 6.54 Å². The van der Waals surface area contributed by atoms with Crippen LogP contribution in [0.25, 0.3) is 55.4 Å². The van der Waals surface area contributed by atoms with Crippen LogP contribution in [0.3, 0.4) is 0 Å². The van der Waals surface area contributed by atoms with E-state index in [1.54, 1.807) is 23.4 Å². The van der Waals surface area contributed by atoms with Crippen LogP contribution in [0.4, 0.5) is 13.2 Å². The molecule has 0 aliphatic carbocycles. The molecule has 3 aromatic heterocycles. The molecule has 1 fully saturated rings. The van der Waals surface area contributed by atoms with Gasteiger partial charge in [-0.15, -0.1) is 0 Å². The zero-order valence-electron chi connectivity index (χ0n) is 20.9. The third-order valence-electron chi connectivity index (χ3n) is 7.40. The number of halogens is 3. The van der Waals surface area contributed by atoms with Crippen molar-refractivity contribution in [1.29, 1.82) is 0 Å². The lowest BCUT2D eigenvalue weighted by Gasteiger charge is -2.15. The van der Waals surface area contributed by atoms with Crippen LogP contribution in [0.2, 0.25) is 0 Å². The van der Waals surface area contributed by atoms with Gasteiger partial charge < -0.3 is 4.98 Å². The summed E-state index contributed by atoms with van der Waals surface area (Å²) >= 11 is 0. The zero-order valence-corrected chi connectivity index (χ0v) is 20.9. The molecule has 0 atom stereocenters. The van der Waals surface area contributed by atoms with E-state index in [-0.39, 0.29) is 18.8 Å². The van der Waals surface area contributed by atoms with Crippen LogP contribution in [0, 0.1) is 5.82 Å². The van der Waals surface area contributed by atoms with Gasteiger partial charge in [0, 0.05) is 53.8 Å². The Hall–Kier alpha value is -4.43. The molecule has 1 aliphatic heterocycles. The van der Waals surface area contributed by atoms with Crippen LogP contribution in [-0.4, -0.2) is 44.1 Å². The molecular formula is C31H24F3N5. The SMILES string of the molecule is Fc1cccc(-c2cccc3[nH]c(-c4n[nH]c5ccc(-c6cncc(CN7CCC(F)(F)C7)c6)cc45)cc23)c1. The summed E-state index contributed by atoms with van der Waals surface area (Å²) in [5, 5.41) is 9.64. The molecule has 2 N–H and O–H groups in total. The predicted octanol–water partition coefficient (Wildman–Crippen LogP) is 7.42. The van der Waals surface area contributed by atoms with Crippen LogP contribution in [0.15, 0.2) is 85.2 Å². The van der Waals surface area contributed by atoms with Crippen LogP contribution in [0.1, 0.15) is 12.0 Å². The number of aromatic amines is 2. The summed E-state index contributed by atoms with van der Waals surface area (Å²) in [4.78, 5) is 9.64. The molecule has 0 spiro atoms. The summed E-state index contributed by atoms with van der Waals surface area (Å²) < 4.78 is 41.2. The highest BCUT2D eigenvalue weighted by molar-refractivity contribution is 6.01. The summed E-state index contributed by atoms with van der Waals surface area (Å²) in [6, 6.07) is 22.6. The van der Waals surface area contributed by atoms with Gasteiger partial charge in [-0.25, -0.2) is 13.2 Å². The van der Waals surface area contributed by atoms with Gasteiger partial charge in [-0.1, -0.05) is 30.3 Å². The lowest BCUT2D eigenvalue weighted by atomic mass is 10.0. The predicted molar refractivity (Wildman–Crippen MR) is 147 cm³/mol. The molecule has 7 rings (SSSR count). The fraction of sp³-hybridized carbons (Fsp3) is 0.161. The van der Waals surface area contributed by atoms with Gasteiger partial charge in [0.15, 0.2) is 0 Å². The summed E-state index contributed by atoms with van der Waals surface area (Å²) in [6.07, 6.45) is 3.43. The Kier molecular flexibility index (Phi) is 5.52. The number of alkyl halides is 2. The Bertz CT molecular complexity index is 1840. The van der Waals surface area contributed by atoms with E-state index in [0.717, 1.165) is 61.0 Å². The molecule has 0 radical (unpaired) electrons. The van der Waals surface area contributed by atoms with Gasteiger partial charge in [0.2, 0.25) is 0 Å². The van der Waals surface area contributed by atoms with E-state index < -0.39 is 5.92 Å². The maximum atomic E-state index is 13.9. The molecule has 0 amide bonds. The summed E-state index contributed by atoms with van der Waals surface area (Å²) in [6.45, 7) is 0.609. The molecule has 0 unspecified atom stereocenters. The lowest BCUT2D eigenvalue weighted by Crippen LogP contribution is -2.24. The van der Waals surface area contributed by atoms with Crippen LogP contribution < -0.4 is 0 Å². The maximum Gasteiger partial charge on any atom is 0.261 e. The van der Waals surface area contributed by atoms with E-state index in [9.17, 15) is 13.2 Å². The molecule has 1 saturated heterocycles. The quantitative estimate of drug-likeness (QED) is 0.247. The number of hydrogen-bond acceptors (Lipinski definition) is 3. The second kappa shape index (κ2) is 9.10. The van der Waals surface area contributed by atoms with Crippen molar-refractivity contribution in [2.45, 2.75) is 18.9 Å². The van der Waals surface area contributed by atoms with Gasteiger partial charge in [0.05, 0.1) is 17.8 Å². The Morgan fingerprint density at radius 3 is 2.59 bits per heavy atom. The summed E-state index contributed by atoms with van der Waals surface area (Å²) in [5.74, 6) is -2.89. The highest BCUT2D eigenvalue weighted by atomic mass is 19.3. The number of rotatable bonds is 5. The molecule has 39 heavy (non-hydrogen) atoms. The smallest absolute Gasteiger partial charge is 0.261 e. The molecule has 6 aromatic rings. The number of hydrogen-bond donors (Lipinski definition) is 2. The Morgan fingerprint density at radius 2 is 1.74 bits per heavy atom. The number of nitrogens with zero attached hydrogens (tertiary/aromatic N) is 3. The number of aromatic nitrogens is 4. The van der Waals surface area contributed by atoms with Gasteiger partial charge in [0.1, 0.15) is 11.5 Å². The monoisotopic (exact) mass is 523 g/mol. The molecule has 3 aromatic carbocycles. The Balaban J connectivity index is 1.25. The number of likely N-dealkylation sites (tertiary alicyclic amines) is 1. The standard InChI is InChI=1S/C31H24F3N5/c32-23-4-1-3-21(12-23)24-5-2-6-27-25(24)14-29(36-27)30-26-13-20(7-8-28(26)37-38-30)22-11-19(15-35-16-22)17-39-10-9-31(33,34)18-39/h1-8,11-16,36H,9-10,17-18H2,(H,37,38). The first kappa shape index (κ1) is 23.7. The topological polar surface area (TPSA) is 60.6 Å². The number of nitrogens with one attached hydrogen (secondary N) is 2. The van der Waals surface area contributed by atoms with Gasteiger partial charge in [-0.3, -0.25) is 15.0 Å². The highest BCUT2D eigenvalue weighted by Crippen LogP contribution is 2.36. The second-order valence-corrected chi connectivity index (χ2v) is 10.2. The highest BCUT2D eigenvalue weighted by Gasteiger charge is 2.37. The molecule has 1 aliphatic rings. The van der Waals surface area contributed by atoms with E-state index in [2.05, 4.69) is 26.2 Å². The normalized spacial score (nSPS) is 15.5. The van der Waals surface area contributed by atoms with E-state index in [4.69, 9.17) is 0 Å². The first-order valence-corrected chi connectivity index (χ1v) is 12.8. The average Bonchev–Trinajstić information content (AvgIpc) is 3.64. The first-order chi connectivity index (χ1) is 18.9. The summed E-state index contributed by atoms with van der Waals surface area (Å²) in [5.41, 5.74) is 7.97. The molecule has 4 heterocycles. The maximum absolute atomic E-state index is 13.9. The minimum absolute atomic E-state index is 0.0997. The third-order valence-corrected chi connectivity index (χ3v) is 7.40. The molecule has 8 heteroatoms. The molecular weight excluding hydrogens is 499 g/mol. The van der Waals surface area contributed by atoms with Gasteiger partial charge in [-0.05, 0) is 64.7 Å². The van der Waals surface area contributed by atoms with Gasteiger partial charge in [0.25, 0.3) is 5.92 Å². The zero-order chi connectivity index (χ0) is 26.6. The van der Waals surface area contributed by atoms with Crippen molar-refractivity contribution in [2.24, 2.45) is 0 Å². The average molecular weight is 524 g/mol. The molecule has 5 nitrogen and oxygen atoms in total. The number of benzene rings is 3. The van der Waals surface area contributed by atoms with E-state index >= 15 is 0 Å².